The van der Waals surface area contributed by atoms with Crippen molar-refractivity contribution in [3.8, 4) is 34.1 Å². The van der Waals surface area contributed by atoms with Crippen LogP contribution in [-0.4, -0.2) is 16.3 Å². The zero-order chi connectivity index (χ0) is 20.1. The molecule has 4 nitrogen and oxygen atoms in total. The van der Waals surface area contributed by atoms with E-state index in [4.69, 9.17) is 26.1 Å². The molecule has 4 aliphatic rings. The summed E-state index contributed by atoms with van der Waals surface area (Å²) in [6.45, 7) is 1.29. The van der Waals surface area contributed by atoms with Gasteiger partial charge in [0.25, 0.3) is 0 Å². The molecule has 6 heteroatoms. The van der Waals surface area contributed by atoms with Crippen LogP contribution in [0.2, 0.25) is 5.02 Å². The summed E-state index contributed by atoms with van der Waals surface area (Å²) in [6, 6.07) is 18.3. The van der Waals surface area contributed by atoms with Crippen molar-refractivity contribution in [1.82, 2.24) is 9.55 Å². The molecule has 0 atom stereocenters. The van der Waals surface area contributed by atoms with Crippen LogP contribution < -0.4 is 9.47 Å². The lowest BCUT2D eigenvalue weighted by Gasteiger charge is -2.11. The predicted molar refractivity (Wildman–Crippen MR) is 119 cm³/mol. The highest BCUT2D eigenvalue weighted by Crippen LogP contribution is 2.46. The monoisotopic (exact) mass is 434 g/mol. The molecule has 1 fully saturated rings. The first-order chi connectivity index (χ1) is 14.7. The Bertz CT molecular complexity index is 1200. The highest BCUT2D eigenvalue weighted by Gasteiger charge is 2.27. The van der Waals surface area contributed by atoms with Crippen molar-refractivity contribution in [3.05, 3.63) is 65.8 Å². The van der Waals surface area contributed by atoms with E-state index in [2.05, 4.69) is 41.1 Å². The van der Waals surface area contributed by atoms with E-state index in [-0.39, 0.29) is 6.79 Å². The minimum atomic E-state index is 0.267. The van der Waals surface area contributed by atoms with Crippen molar-refractivity contribution in [3.63, 3.8) is 0 Å². The second-order valence-electron chi connectivity index (χ2n) is 7.75. The average Bonchev–Trinajstić information content (AvgIpc) is 3.32. The maximum atomic E-state index is 6.09. The molecule has 0 bridgehead atoms. The fourth-order valence-corrected chi connectivity index (χ4v) is 4.98. The van der Waals surface area contributed by atoms with Crippen LogP contribution in [0.4, 0.5) is 0 Å². The first-order valence-electron chi connectivity index (χ1n) is 10.1. The summed E-state index contributed by atoms with van der Waals surface area (Å²) < 4.78 is 13.4. The number of ether oxygens (including phenoxy) is 2. The lowest BCUT2D eigenvalue weighted by atomic mass is 10.1. The summed E-state index contributed by atoms with van der Waals surface area (Å²) in [5.41, 5.74) is 3.18. The number of fused-ring (bicyclic) bond motifs is 2. The van der Waals surface area contributed by atoms with Gasteiger partial charge in [-0.3, -0.25) is 0 Å². The van der Waals surface area contributed by atoms with E-state index in [0.29, 0.717) is 0 Å². The van der Waals surface area contributed by atoms with Crippen LogP contribution in [0.25, 0.3) is 22.6 Å². The molecule has 0 unspecified atom stereocenters. The third-order valence-electron chi connectivity index (χ3n) is 5.55. The highest BCUT2D eigenvalue weighted by atomic mass is 35.5. The highest BCUT2D eigenvalue weighted by molar-refractivity contribution is 7.99. The fourth-order valence-electron chi connectivity index (χ4n) is 3.82. The van der Waals surface area contributed by atoms with Gasteiger partial charge in [0.05, 0.1) is 5.69 Å². The summed E-state index contributed by atoms with van der Waals surface area (Å²) >= 11 is 7.82. The maximum absolute atomic E-state index is 6.09. The second kappa shape index (κ2) is 7.25. The van der Waals surface area contributed by atoms with Gasteiger partial charge in [-0.1, -0.05) is 23.4 Å². The topological polar surface area (TPSA) is 36.3 Å². The molecular weight excluding hydrogens is 416 g/mol. The van der Waals surface area contributed by atoms with Crippen molar-refractivity contribution in [1.29, 1.82) is 0 Å². The molecule has 0 radical (unpaired) electrons. The van der Waals surface area contributed by atoms with E-state index in [1.807, 2.05) is 24.3 Å². The molecular formula is C24H19ClN2O2S. The Labute approximate surface area is 184 Å². The normalized spacial score (nSPS) is 15.1. The number of aromatic nitrogens is 2. The zero-order valence-corrected chi connectivity index (χ0v) is 17.7. The Morgan fingerprint density at radius 3 is 2.70 bits per heavy atom. The van der Waals surface area contributed by atoms with Gasteiger partial charge in [-0.25, -0.2) is 4.98 Å². The molecule has 6 rings (SSSR count). The predicted octanol–water partition coefficient (Wildman–Crippen LogP) is 6.60. The molecule has 0 aromatic heterocycles. The van der Waals surface area contributed by atoms with Gasteiger partial charge in [0.2, 0.25) is 6.79 Å². The van der Waals surface area contributed by atoms with Gasteiger partial charge < -0.3 is 14.0 Å². The Balaban J connectivity index is 1.49. The van der Waals surface area contributed by atoms with Crippen molar-refractivity contribution in [2.24, 2.45) is 5.92 Å². The van der Waals surface area contributed by atoms with Crippen molar-refractivity contribution in [2.45, 2.75) is 29.2 Å². The molecule has 2 aromatic carbocycles. The van der Waals surface area contributed by atoms with E-state index in [1.165, 1.54) is 18.4 Å². The van der Waals surface area contributed by atoms with Crippen LogP contribution in [0.3, 0.4) is 0 Å². The van der Waals surface area contributed by atoms with Gasteiger partial charge in [0, 0.05) is 38.7 Å². The third-order valence-corrected chi connectivity index (χ3v) is 6.93. The molecule has 1 aliphatic carbocycles. The van der Waals surface area contributed by atoms with Crippen LogP contribution in [0, 0.1) is 5.92 Å². The summed E-state index contributed by atoms with van der Waals surface area (Å²) in [5.74, 6) is 3.37. The molecule has 0 spiro atoms. The van der Waals surface area contributed by atoms with Gasteiger partial charge in [-0.2, -0.15) is 0 Å². The smallest absolute Gasteiger partial charge is 0.231 e. The molecule has 1 saturated carbocycles. The van der Waals surface area contributed by atoms with E-state index >= 15 is 0 Å². The Hall–Kier alpha value is -2.63. The lowest BCUT2D eigenvalue weighted by molar-refractivity contribution is 0.174. The third kappa shape index (κ3) is 3.32. The molecule has 0 saturated heterocycles. The molecule has 150 valence electrons. The Kier molecular flexibility index (Phi) is 4.39. The summed E-state index contributed by atoms with van der Waals surface area (Å²) in [5, 5.41) is 0.739. The number of rotatable bonds is 5. The van der Waals surface area contributed by atoms with Gasteiger partial charge in [-0.15, -0.1) is 0 Å². The Morgan fingerprint density at radius 2 is 1.87 bits per heavy atom. The molecule has 0 amide bonds. The van der Waals surface area contributed by atoms with E-state index in [1.54, 1.807) is 11.8 Å². The molecule has 2 aromatic rings. The molecule has 0 N–H and O–H groups in total. The van der Waals surface area contributed by atoms with Crippen LogP contribution >= 0.6 is 23.4 Å². The van der Waals surface area contributed by atoms with Gasteiger partial charge in [0.15, 0.2) is 11.5 Å². The first-order valence-corrected chi connectivity index (χ1v) is 11.3. The molecule has 3 heterocycles. The fraction of sp³-hybridized carbons (Fsp3) is 0.208. The van der Waals surface area contributed by atoms with Crippen LogP contribution in [0.15, 0.2) is 70.6 Å². The van der Waals surface area contributed by atoms with Crippen molar-refractivity contribution in [2.75, 3.05) is 6.79 Å². The number of pyridine rings is 1. The minimum absolute atomic E-state index is 0.267. The van der Waals surface area contributed by atoms with Gasteiger partial charge in [0.1, 0.15) is 5.82 Å². The standard InChI is InChI=1S/C24H19ClN2O2S/c25-17-6-8-18(9-7-17)30-23-19-2-1-11-27(13-15-3-4-15)24(19)26-22(23)16-5-10-20-21(12-16)29-14-28-20/h1-2,5-12,15H,3-4,13-14H2. The largest absolute Gasteiger partial charge is 0.454 e. The minimum Gasteiger partial charge on any atom is -0.454 e. The summed E-state index contributed by atoms with van der Waals surface area (Å²) in [7, 11) is 0. The first kappa shape index (κ1) is 18.2. The Morgan fingerprint density at radius 1 is 1.03 bits per heavy atom. The van der Waals surface area contributed by atoms with Crippen LogP contribution in [0.1, 0.15) is 12.8 Å². The van der Waals surface area contributed by atoms with Crippen LogP contribution in [-0.2, 0) is 6.54 Å². The number of halogens is 1. The maximum Gasteiger partial charge on any atom is 0.231 e. The molecule has 3 aliphatic heterocycles. The van der Waals surface area contributed by atoms with Crippen molar-refractivity contribution >= 4 is 23.4 Å². The van der Waals surface area contributed by atoms with Gasteiger partial charge in [-0.05, 0) is 73.4 Å². The summed E-state index contributed by atoms with van der Waals surface area (Å²) in [6.07, 6.45) is 4.77. The number of hydrogen-bond donors (Lipinski definition) is 0. The number of hydrogen-bond acceptors (Lipinski definition) is 4. The van der Waals surface area contributed by atoms with Crippen molar-refractivity contribution < 1.29 is 9.47 Å². The average molecular weight is 435 g/mol. The van der Waals surface area contributed by atoms with Crippen LogP contribution in [0.5, 0.6) is 11.5 Å². The second-order valence-corrected chi connectivity index (χ2v) is 9.27. The van der Waals surface area contributed by atoms with E-state index in [9.17, 15) is 0 Å². The molecule has 30 heavy (non-hydrogen) atoms. The quantitative estimate of drug-likeness (QED) is 0.354. The lowest BCUT2D eigenvalue weighted by Crippen LogP contribution is -2.04. The van der Waals surface area contributed by atoms with E-state index < -0.39 is 0 Å². The number of nitrogens with zero attached hydrogens (tertiary/aromatic N) is 2. The van der Waals surface area contributed by atoms with E-state index in [0.717, 1.165) is 55.9 Å². The SMILES string of the molecule is Clc1ccc(Sc2c3cccn(CC4CC4)c-3nc2-c2ccc3c(c2)OCO3)cc1. The van der Waals surface area contributed by atoms with Gasteiger partial charge >= 0.3 is 0 Å². The number of benzene rings is 2. The zero-order valence-electron chi connectivity index (χ0n) is 16.2. The summed E-state index contributed by atoms with van der Waals surface area (Å²) in [4.78, 5) is 7.40.